The van der Waals surface area contributed by atoms with Gasteiger partial charge >= 0.3 is 0 Å². The van der Waals surface area contributed by atoms with Crippen LogP contribution in [0.1, 0.15) is 60.9 Å². The number of halogens is 3. The van der Waals surface area contributed by atoms with Gasteiger partial charge in [-0.1, -0.05) is 26.0 Å². The third-order valence-corrected chi connectivity index (χ3v) is 8.41. The van der Waals surface area contributed by atoms with Crippen LogP contribution in [0.4, 0.5) is 19.0 Å². The molecule has 0 fully saturated rings. The van der Waals surface area contributed by atoms with Crippen molar-refractivity contribution in [3.8, 4) is 0 Å². The molecule has 1 atom stereocenters. The molecular weight excluding hydrogens is 495 g/mol. The number of hydrogen-bond donors (Lipinski definition) is 3. The molecule has 0 bridgehead atoms. The molecule has 0 spiro atoms. The van der Waals surface area contributed by atoms with E-state index in [4.69, 9.17) is 5.73 Å². The quantitative estimate of drug-likeness (QED) is 0.450. The van der Waals surface area contributed by atoms with Gasteiger partial charge < -0.3 is 11.1 Å². The number of carbonyl (C=O) groups excluding carboxylic acids is 1. The fourth-order valence-corrected chi connectivity index (χ4v) is 6.14. The van der Waals surface area contributed by atoms with Crippen molar-refractivity contribution in [1.29, 1.82) is 0 Å². The summed E-state index contributed by atoms with van der Waals surface area (Å²) in [7, 11) is -4.34. The molecule has 8 nitrogen and oxygen atoms in total. The summed E-state index contributed by atoms with van der Waals surface area (Å²) < 4.78 is 69.9. The first kappa shape index (κ1) is 25.9. The van der Waals surface area contributed by atoms with Crippen LogP contribution in [-0.4, -0.2) is 28.8 Å². The Bertz CT molecular complexity index is 1430. The minimum atomic E-state index is -4.34. The first-order valence-electron chi connectivity index (χ1n) is 11.2. The van der Waals surface area contributed by atoms with Crippen molar-refractivity contribution in [2.45, 2.75) is 50.7 Å². The van der Waals surface area contributed by atoms with Crippen LogP contribution in [0.3, 0.4) is 0 Å². The van der Waals surface area contributed by atoms with Crippen molar-refractivity contribution < 1.29 is 26.4 Å². The Labute approximate surface area is 206 Å². The lowest BCUT2D eigenvalue weighted by atomic mass is 9.92. The van der Waals surface area contributed by atoms with Crippen molar-refractivity contribution in [2.75, 3.05) is 5.32 Å². The van der Waals surface area contributed by atoms with Crippen molar-refractivity contribution in [2.24, 2.45) is 11.7 Å². The van der Waals surface area contributed by atoms with Crippen molar-refractivity contribution in [3.05, 3.63) is 76.2 Å². The van der Waals surface area contributed by atoms with Crippen LogP contribution in [0, 0.1) is 23.4 Å². The molecule has 1 aliphatic rings. The highest BCUT2D eigenvalue weighted by molar-refractivity contribution is 7.89. The molecule has 4 rings (SSSR count). The largest absolute Gasteiger partial charge is 0.324 e. The van der Waals surface area contributed by atoms with E-state index in [9.17, 15) is 26.4 Å². The molecule has 3 aromatic rings. The average molecular weight is 522 g/mol. The SMILES string of the molecule is CC(C)C(N)c1cccc(F)c1C(=O)Nc1n[nH]c2c1CN(S(=O)(=O)c1cc(F)cc(F)c1)C2(C)C. The van der Waals surface area contributed by atoms with Crippen LogP contribution < -0.4 is 11.1 Å². The number of aromatic amines is 1. The number of H-pyrrole nitrogens is 1. The summed E-state index contributed by atoms with van der Waals surface area (Å²) in [5.41, 5.74) is 5.82. The van der Waals surface area contributed by atoms with Gasteiger partial charge in [-0.3, -0.25) is 9.89 Å². The lowest BCUT2D eigenvalue weighted by Gasteiger charge is -2.30. The van der Waals surface area contributed by atoms with Crippen LogP contribution in [0.2, 0.25) is 0 Å². The number of nitrogens with two attached hydrogens (primary N) is 1. The second-order valence-electron chi connectivity index (χ2n) is 9.53. The van der Waals surface area contributed by atoms with E-state index in [1.54, 1.807) is 19.9 Å². The minimum Gasteiger partial charge on any atom is -0.324 e. The maximum atomic E-state index is 14.7. The predicted octanol–water partition coefficient (Wildman–Crippen LogP) is 4.17. The van der Waals surface area contributed by atoms with Gasteiger partial charge in [0.25, 0.3) is 5.91 Å². The Morgan fingerprint density at radius 1 is 1.17 bits per heavy atom. The number of amides is 1. The fourth-order valence-electron chi connectivity index (χ4n) is 4.37. The molecule has 4 N–H and O–H groups in total. The first-order chi connectivity index (χ1) is 16.7. The van der Waals surface area contributed by atoms with Gasteiger partial charge in [0.15, 0.2) is 5.82 Å². The molecule has 0 aliphatic carbocycles. The molecule has 1 aliphatic heterocycles. The minimum absolute atomic E-state index is 0.0125. The topological polar surface area (TPSA) is 121 Å². The zero-order valence-electron chi connectivity index (χ0n) is 20.1. The number of sulfonamides is 1. The van der Waals surface area contributed by atoms with Gasteiger partial charge in [0, 0.05) is 24.2 Å². The van der Waals surface area contributed by atoms with Crippen molar-refractivity contribution >= 4 is 21.7 Å². The van der Waals surface area contributed by atoms with Gasteiger partial charge in [-0.25, -0.2) is 21.6 Å². The van der Waals surface area contributed by atoms with Gasteiger partial charge in [0.05, 0.1) is 21.7 Å². The second kappa shape index (κ2) is 9.02. The number of anilines is 1. The Morgan fingerprint density at radius 2 is 1.81 bits per heavy atom. The number of rotatable bonds is 6. The predicted molar refractivity (Wildman–Crippen MR) is 127 cm³/mol. The van der Waals surface area contributed by atoms with E-state index in [2.05, 4.69) is 15.5 Å². The van der Waals surface area contributed by atoms with Gasteiger partial charge in [0.1, 0.15) is 17.5 Å². The van der Waals surface area contributed by atoms with Crippen LogP contribution in [0.15, 0.2) is 41.3 Å². The zero-order chi connectivity index (χ0) is 26.6. The Kier molecular flexibility index (Phi) is 6.48. The molecule has 0 radical (unpaired) electrons. The third-order valence-electron chi connectivity index (χ3n) is 6.41. The van der Waals surface area contributed by atoms with Crippen LogP contribution in [-0.2, 0) is 22.1 Å². The van der Waals surface area contributed by atoms with E-state index in [0.29, 0.717) is 22.9 Å². The van der Waals surface area contributed by atoms with E-state index in [1.165, 1.54) is 6.07 Å². The zero-order valence-corrected chi connectivity index (χ0v) is 20.9. The van der Waals surface area contributed by atoms with E-state index in [-0.39, 0.29) is 23.8 Å². The summed E-state index contributed by atoms with van der Waals surface area (Å²) in [5.74, 6) is -3.66. The lowest BCUT2D eigenvalue weighted by molar-refractivity contribution is 0.102. The van der Waals surface area contributed by atoms with Gasteiger partial charge in [-0.2, -0.15) is 9.40 Å². The number of hydrogen-bond acceptors (Lipinski definition) is 5. The standard InChI is InChI=1S/C24H26F3N5O3S/c1-12(2)20(28)16-6-5-7-18(27)19(16)23(33)29-22-17-11-32(24(3,4)21(17)30-31-22)36(34,35)15-9-13(25)8-14(26)10-15/h5-10,12,20H,11,28H2,1-4H3,(H2,29,30,31,33). The average Bonchev–Trinajstić information content (AvgIpc) is 3.30. The second-order valence-corrected chi connectivity index (χ2v) is 11.4. The Morgan fingerprint density at radius 3 is 2.42 bits per heavy atom. The summed E-state index contributed by atoms with van der Waals surface area (Å²) in [6, 6.07) is 5.65. The Balaban J connectivity index is 1.69. The summed E-state index contributed by atoms with van der Waals surface area (Å²) in [6.45, 7) is 6.63. The highest BCUT2D eigenvalue weighted by Crippen LogP contribution is 2.44. The summed E-state index contributed by atoms with van der Waals surface area (Å²) >= 11 is 0. The molecule has 1 amide bonds. The monoisotopic (exact) mass is 521 g/mol. The highest BCUT2D eigenvalue weighted by atomic mass is 32.2. The van der Waals surface area contributed by atoms with Gasteiger partial charge in [-0.05, 0) is 43.5 Å². The van der Waals surface area contributed by atoms with Crippen LogP contribution in [0.25, 0.3) is 0 Å². The van der Waals surface area contributed by atoms with Crippen molar-refractivity contribution in [1.82, 2.24) is 14.5 Å². The molecule has 2 heterocycles. The fraction of sp³-hybridized carbons (Fsp3) is 0.333. The molecule has 0 saturated carbocycles. The molecular formula is C24H26F3N5O3S. The molecule has 192 valence electrons. The van der Waals surface area contributed by atoms with Crippen LogP contribution >= 0.6 is 0 Å². The molecule has 1 aromatic heterocycles. The molecule has 0 saturated heterocycles. The van der Waals surface area contributed by atoms with E-state index >= 15 is 0 Å². The summed E-state index contributed by atoms with van der Waals surface area (Å²) in [6.07, 6.45) is 0. The van der Waals surface area contributed by atoms with Gasteiger partial charge in [-0.15, -0.1) is 0 Å². The first-order valence-corrected chi connectivity index (χ1v) is 12.6. The lowest BCUT2D eigenvalue weighted by Crippen LogP contribution is -2.40. The number of nitrogens with zero attached hydrogens (tertiary/aromatic N) is 2. The van der Waals surface area contributed by atoms with Crippen molar-refractivity contribution in [3.63, 3.8) is 0 Å². The number of fused-ring (bicyclic) bond motifs is 1. The van der Waals surface area contributed by atoms with Gasteiger partial charge in [0.2, 0.25) is 10.0 Å². The summed E-state index contributed by atoms with van der Waals surface area (Å²) in [5, 5.41) is 9.41. The normalized spacial score (nSPS) is 16.2. The summed E-state index contributed by atoms with van der Waals surface area (Å²) in [4.78, 5) is 12.6. The molecule has 36 heavy (non-hydrogen) atoms. The third kappa shape index (κ3) is 4.29. The number of carbonyl (C=O) groups is 1. The maximum absolute atomic E-state index is 14.7. The molecule has 12 heteroatoms. The highest BCUT2D eigenvalue weighted by Gasteiger charge is 2.48. The van der Waals surface area contributed by atoms with E-state index in [0.717, 1.165) is 22.5 Å². The molecule has 1 unspecified atom stereocenters. The maximum Gasteiger partial charge on any atom is 0.260 e. The molecule has 2 aromatic carbocycles. The number of aromatic nitrogens is 2. The number of nitrogens with one attached hydrogen (secondary N) is 2. The van der Waals surface area contributed by atoms with E-state index < -0.39 is 49.9 Å². The van der Waals surface area contributed by atoms with E-state index in [1.807, 2.05) is 13.8 Å². The number of benzene rings is 2. The van der Waals surface area contributed by atoms with Crippen LogP contribution in [0.5, 0.6) is 0 Å². The Hall–Kier alpha value is -3.22. The smallest absolute Gasteiger partial charge is 0.260 e.